The first-order valence-electron chi connectivity index (χ1n) is 10.3. The van der Waals surface area contributed by atoms with E-state index in [1.54, 1.807) is 31.6 Å². The maximum Gasteiger partial charge on any atom is 0.442 e. The van der Waals surface area contributed by atoms with Crippen molar-refractivity contribution in [2.24, 2.45) is 0 Å². The summed E-state index contributed by atoms with van der Waals surface area (Å²) < 4.78 is 57.4. The van der Waals surface area contributed by atoms with E-state index in [0.29, 0.717) is 12.0 Å². The minimum atomic E-state index is -4.15. The van der Waals surface area contributed by atoms with Crippen LogP contribution in [-0.2, 0) is 21.4 Å². The number of amides is 1. The second-order valence-electron chi connectivity index (χ2n) is 8.47. The number of carbonyl (C=O) groups excluding carboxylic acids is 1. The minimum absolute atomic E-state index is 0.0471. The lowest BCUT2D eigenvalue weighted by atomic mass is 9.83. The Bertz CT molecular complexity index is 1410. The number of nitrogens with one attached hydrogen (secondary N) is 2. The first-order valence-corrected chi connectivity index (χ1v) is 12.7. The smallest absolute Gasteiger partial charge is 0.442 e. The van der Waals surface area contributed by atoms with E-state index in [9.17, 15) is 22.4 Å². The van der Waals surface area contributed by atoms with E-state index in [0.717, 1.165) is 17.3 Å². The van der Waals surface area contributed by atoms with Crippen molar-refractivity contribution in [3.63, 3.8) is 0 Å². The van der Waals surface area contributed by atoms with Crippen LogP contribution < -0.4 is 15.2 Å². The molecule has 2 heterocycles. The highest BCUT2D eigenvalue weighted by Crippen LogP contribution is 2.38. The zero-order valence-electron chi connectivity index (χ0n) is 18.8. The Morgan fingerprint density at radius 1 is 1.31 bits per heavy atom. The Morgan fingerprint density at radius 3 is 2.83 bits per heavy atom. The number of ether oxygens (including phenoxy) is 1. The third-order valence-electron chi connectivity index (χ3n) is 4.75. The SMILES string of the molecule is CC(C)(C)OC(=O)NS(=O)(=O)NCCSc1nonc1-c1noc(=O)n1C1Cc2ccc(F)cc21. The summed E-state index contributed by atoms with van der Waals surface area (Å²) in [5, 5.41) is 11.6. The average Bonchev–Trinajstić information content (AvgIpc) is 3.32. The maximum absolute atomic E-state index is 13.7. The van der Waals surface area contributed by atoms with Gasteiger partial charge in [-0.05, 0) is 60.8 Å². The molecule has 4 rings (SSSR count). The molecule has 1 atom stereocenters. The molecule has 1 aromatic carbocycles. The van der Waals surface area contributed by atoms with Gasteiger partial charge in [-0.1, -0.05) is 23.0 Å². The van der Waals surface area contributed by atoms with Gasteiger partial charge in [-0.3, -0.25) is 4.52 Å². The number of benzene rings is 1. The number of hydrogen-bond acceptors (Lipinski definition) is 11. The van der Waals surface area contributed by atoms with Crippen LogP contribution in [0.1, 0.15) is 37.9 Å². The summed E-state index contributed by atoms with van der Waals surface area (Å²) in [5.74, 6) is -0.969. The molecule has 2 N–H and O–H groups in total. The van der Waals surface area contributed by atoms with Crippen molar-refractivity contribution in [2.75, 3.05) is 12.3 Å². The molecule has 2 aromatic heterocycles. The lowest BCUT2D eigenvalue weighted by Gasteiger charge is -2.30. The van der Waals surface area contributed by atoms with Crippen LogP contribution in [0.5, 0.6) is 0 Å². The van der Waals surface area contributed by atoms with Crippen molar-refractivity contribution in [3.05, 3.63) is 45.7 Å². The van der Waals surface area contributed by atoms with E-state index < -0.39 is 39.5 Å². The molecular weight excluding hydrogens is 507 g/mol. The normalized spacial score (nSPS) is 15.4. The van der Waals surface area contributed by atoms with E-state index in [-0.39, 0.29) is 28.8 Å². The van der Waals surface area contributed by atoms with Crippen molar-refractivity contribution in [3.8, 4) is 11.5 Å². The van der Waals surface area contributed by atoms with Gasteiger partial charge in [0.2, 0.25) is 5.82 Å². The fraction of sp³-hybridized carbons (Fsp3) is 0.421. The summed E-state index contributed by atoms with van der Waals surface area (Å²) >= 11 is 1.07. The van der Waals surface area contributed by atoms with Gasteiger partial charge in [0.25, 0.3) is 0 Å². The van der Waals surface area contributed by atoms with E-state index in [1.807, 2.05) is 0 Å². The largest absolute Gasteiger partial charge is 0.443 e. The predicted octanol–water partition coefficient (Wildman–Crippen LogP) is 1.62. The quantitative estimate of drug-likeness (QED) is 0.321. The van der Waals surface area contributed by atoms with E-state index in [2.05, 4.69) is 20.2 Å². The molecule has 16 heteroatoms. The first kappa shape index (κ1) is 24.9. The van der Waals surface area contributed by atoms with Crippen molar-refractivity contribution in [1.29, 1.82) is 0 Å². The van der Waals surface area contributed by atoms with Crippen molar-refractivity contribution in [1.82, 2.24) is 29.5 Å². The van der Waals surface area contributed by atoms with Gasteiger partial charge in [-0.25, -0.2) is 27.9 Å². The number of carbonyl (C=O) groups is 1. The van der Waals surface area contributed by atoms with Crippen molar-refractivity contribution < 1.29 is 31.5 Å². The Hall–Kier alpha value is -3.24. The molecule has 1 aliphatic rings. The molecule has 35 heavy (non-hydrogen) atoms. The highest BCUT2D eigenvalue weighted by atomic mass is 32.2. The van der Waals surface area contributed by atoms with Crippen LogP contribution in [0, 0.1) is 5.82 Å². The van der Waals surface area contributed by atoms with Gasteiger partial charge in [0.1, 0.15) is 11.4 Å². The van der Waals surface area contributed by atoms with E-state index in [1.165, 1.54) is 16.7 Å². The van der Waals surface area contributed by atoms with Crippen LogP contribution in [0.25, 0.3) is 11.5 Å². The van der Waals surface area contributed by atoms with E-state index in [4.69, 9.17) is 13.9 Å². The van der Waals surface area contributed by atoms with Gasteiger partial charge >= 0.3 is 22.1 Å². The van der Waals surface area contributed by atoms with Gasteiger partial charge in [0, 0.05) is 12.3 Å². The second kappa shape index (κ2) is 9.43. The molecule has 0 bridgehead atoms. The molecule has 0 saturated heterocycles. The lowest BCUT2D eigenvalue weighted by molar-refractivity contribution is 0.0569. The van der Waals surface area contributed by atoms with Gasteiger partial charge in [-0.15, -0.1) is 0 Å². The van der Waals surface area contributed by atoms with Gasteiger partial charge in [0.15, 0.2) is 10.7 Å². The Morgan fingerprint density at radius 2 is 2.09 bits per heavy atom. The zero-order valence-corrected chi connectivity index (χ0v) is 20.4. The molecule has 3 aromatic rings. The fourth-order valence-electron chi connectivity index (χ4n) is 3.35. The third kappa shape index (κ3) is 5.71. The molecule has 13 nitrogen and oxygen atoms in total. The summed E-state index contributed by atoms with van der Waals surface area (Å²) in [6.45, 7) is 4.71. The second-order valence-corrected chi connectivity index (χ2v) is 11.1. The molecule has 0 saturated carbocycles. The first-order chi connectivity index (χ1) is 16.4. The van der Waals surface area contributed by atoms with Crippen LogP contribution in [0.15, 0.2) is 37.2 Å². The molecule has 1 amide bonds. The molecular formula is C19H21FN6O7S2. The number of rotatable bonds is 8. The lowest BCUT2D eigenvalue weighted by Crippen LogP contribution is -2.43. The van der Waals surface area contributed by atoms with Gasteiger partial charge in [0.05, 0.1) is 6.04 Å². The highest BCUT2D eigenvalue weighted by Gasteiger charge is 2.34. The summed E-state index contributed by atoms with van der Waals surface area (Å²) in [5.41, 5.74) is 0.786. The van der Waals surface area contributed by atoms with Crippen molar-refractivity contribution >= 4 is 28.1 Å². The standard InChI is InChI=1S/C19H21FN6O7S2/c1-19(2,3)31-17(27)25-35(29,30)21-6-7-34-16-14(22-33-24-16)15-23-32-18(28)26(15)13-8-10-4-5-11(20)9-12(10)13/h4-5,9,13,21H,6-8H2,1-3H3,(H,25,27). The van der Waals surface area contributed by atoms with Crippen LogP contribution in [0.2, 0.25) is 0 Å². The van der Waals surface area contributed by atoms with Crippen LogP contribution >= 0.6 is 11.8 Å². The topological polar surface area (TPSA) is 171 Å². The van der Waals surface area contributed by atoms with E-state index >= 15 is 0 Å². The number of aromatic nitrogens is 4. The van der Waals surface area contributed by atoms with Gasteiger partial charge in [-0.2, -0.15) is 13.1 Å². The maximum atomic E-state index is 13.7. The zero-order chi connectivity index (χ0) is 25.4. The fourth-order valence-corrected chi connectivity index (χ4v) is 4.93. The number of thioether (sulfide) groups is 1. The molecule has 188 valence electrons. The third-order valence-corrected chi connectivity index (χ3v) is 6.72. The molecule has 0 fully saturated rings. The summed E-state index contributed by atoms with van der Waals surface area (Å²) in [7, 11) is -4.15. The van der Waals surface area contributed by atoms with Crippen LogP contribution in [0.4, 0.5) is 9.18 Å². The Kier molecular flexibility index (Phi) is 6.70. The van der Waals surface area contributed by atoms with Crippen molar-refractivity contribution in [2.45, 2.75) is 43.9 Å². The Balaban J connectivity index is 1.40. The molecule has 0 radical (unpaired) electrons. The van der Waals surface area contributed by atoms with Crippen LogP contribution in [-0.4, -0.2) is 52.4 Å². The summed E-state index contributed by atoms with van der Waals surface area (Å²) in [6.07, 6.45) is -0.633. The predicted molar refractivity (Wildman–Crippen MR) is 119 cm³/mol. The molecule has 0 spiro atoms. The molecule has 1 unspecified atom stereocenters. The summed E-state index contributed by atoms with van der Waals surface area (Å²) in [4.78, 5) is 24.0. The summed E-state index contributed by atoms with van der Waals surface area (Å²) in [6, 6.07) is 3.85. The highest BCUT2D eigenvalue weighted by molar-refractivity contribution is 7.99. The van der Waals surface area contributed by atoms with Crippen LogP contribution in [0.3, 0.4) is 0 Å². The molecule has 0 aliphatic heterocycles. The minimum Gasteiger partial charge on any atom is -0.443 e. The molecule has 1 aliphatic carbocycles. The number of halogens is 1. The number of hydrogen-bond donors (Lipinski definition) is 2. The van der Waals surface area contributed by atoms with Gasteiger partial charge < -0.3 is 4.74 Å². The monoisotopic (exact) mass is 528 g/mol. The average molecular weight is 529 g/mol. The Labute approximate surface area is 202 Å². The number of fused-ring (bicyclic) bond motifs is 1. The number of nitrogens with zero attached hydrogens (tertiary/aromatic N) is 4.